The molecular weight excluding hydrogens is 238 g/mol. The summed E-state index contributed by atoms with van der Waals surface area (Å²) < 4.78 is 2.01. The fraction of sp³-hybridized carbons (Fsp3) is 0.312. The van der Waals surface area contributed by atoms with E-state index in [4.69, 9.17) is 0 Å². The molecule has 0 aliphatic carbocycles. The predicted molar refractivity (Wildman–Crippen MR) is 75.6 cm³/mol. The maximum atomic E-state index is 12.5. The monoisotopic (exact) mass is 257 g/mol. The first kappa shape index (κ1) is 13.6. The van der Waals surface area contributed by atoms with Crippen molar-refractivity contribution >= 4 is 5.78 Å². The second-order valence-corrected chi connectivity index (χ2v) is 4.88. The molecule has 1 heterocycles. The molecule has 0 amide bonds. The van der Waals surface area contributed by atoms with Gasteiger partial charge >= 0.3 is 0 Å². The Morgan fingerprint density at radius 3 is 2.47 bits per heavy atom. The van der Waals surface area contributed by atoms with Crippen LogP contribution in [0.25, 0.3) is 0 Å². The van der Waals surface area contributed by atoms with Gasteiger partial charge in [0.1, 0.15) is 0 Å². The van der Waals surface area contributed by atoms with Gasteiger partial charge in [-0.3, -0.25) is 4.79 Å². The first-order chi connectivity index (χ1) is 9.06. The maximum absolute atomic E-state index is 12.5. The molecule has 19 heavy (non-hydrogen) atoms. The first-order valence-corrected chi connectivity index (χ1v) is 6.45. The van der Waals surface area contributed by atoms with Crippen LogP contribution < -0.4 is 0 Å². The molecular formula is C16H19NO2. The Balaban J connectivity index is 2.45. The van der Waals surface area contributed by atoms with Crippen LogP contribution in [0.5, 0.6) is 0 Å². The minimum atomic E-state index is -0.0164. The summed E-state index contributed by atoms with van der Waals surface area (Å²) in [5.41, 5.74) is 3.31. The lowest BCUT2D eigenvalue weighted by Gasteiger charge is -2.16. The van der Waals surface area contributed by atoms with Gasteiger partial charge in [0.05, 0.1) is 12.6 Å². The Morgan fingerprint density at radius 2 is 1.89 bits per heavy atom. The van der Waals surface area contributed by atoms with Crippen LogP contribution >= 0.6 is 0 Å². The lowest BCUT2D eigenvalue weighted by molar-refractivity contribution is 0.103. The number of hydrogen-bond donors (Lipinski definition) is 1. The average Bonchev–Trinajstić information content (AvgIpc) is 2.73. The van der Waals surface area contributed by atoms with Gasteiger partial charge in [0.15, 0.2) is 5.78 Å². The summed E-state index contributed by atoms with van der Waals surface area (Å²) >= 11 is 0. The van der Waals surface area contributed by atoms with E-state index in [2.05, 4.69) is 0 Å². The fourth-order valence-electron chi connectivity index (χ4n) is 2.51. The van der Waals surface area contributed by atoms with Gasteiger partial charge in [-0.05, 0) is 26.8 Å². The van der Waals surface area contributed by atoms with Crippen molar-refractivity contribution in [1.29, 1.82) is 0 Å². The molecule has 1 unspecified atom stereocenters. The number of ketones is 1. The largest absolute Gasteiger partial charge is 0.394 e. The lowest BCUT2D eigenvalue weighted by Crippen LogP contribution is -2.13. The van der Waals surface area contributed by atoms with Crippen molar-refractivity contribution in [3.8, 4) is 0 Å². The molecule has 2 rings (SSSR count). The van der Waals surface area contributed by atoms with E-state index in [0.29, 0.717) is 11.1 Å². The van der Waals surface area contributed by atoms with Crippen LogP contribution in [0, 0.1) is 13.8 Å². The SMILES string of the molecule is Cc1cc(C(=O)c2ccccc2)c(C)n1C(C)CO. The van der Waals surface area contributed by atoms with Crippen LogP contribution in [0.1, 0.15) is 40.3 Å². The van der Waals surface area contributed by atoms with Gasteiger partial charge in [-0.15, -0.1) is 0 Å². The number of aromatic nitrogens is 1. The van der Waals surface area contributed by atoms with Crippen LogP contribution in [0.4, 0.5) is 0 Å². The molecule has 0 spiro atoms. The molecule has 1 aromatic heterocycles. The number of benzene rings is 1. The summed E-state index contributed by atoms with van der Waals surface area (Å²) in [5.74, 6) is 0.0325. The van der Waals surface area contributed by atoms with Gasteiger partial charge in [0, 0.05) is 22.5 Å². The van der Waals surface area contributed by atoms with Crippen molar-refractivity contribution < 1.29 is 9.90 Å². The molecule has 0 fully saturated rings. The molecule has 2 aromatic rings. The highest BCUT2D eigenvalue weighted by atomic mass is 16.3. The molecule has 0 bridgehead atoms. The van der Waals surface area contributed by atoms with E-state index in [9.17, 15) is 9.90 Å². The molecule has 1 aromatic carbocycles. The third-order valence-corrected chi connectivity index (χ3v) is 3.47. The number of carbonyl (C=O) groups excluding carboxylic acids is 1. The maximum Gasteiger partial charge on any atom is 0.194 e. The summed E-state index contributed by atoms with van der Waals surface area (Å²) in [6.07, 6.45) is 0. The van der Waals surface area contributed by atoms with E-state index in [1.165, 1.54) is 0 Å². The third-order valence-electron chi connectivity index (χ3n) is 3.47. The van der Waals surface area contributed by atoms with Crippen LogP contribution in [-0.4, -0.2) is 22.1 Å². The second kappa shape index (κ2) is 5.41. The highest BCUT2D eigenvalue weighted by Gasteiger charge is 2.19. The van der Waals surface area contributed by atoms with Gasteiger partial charge in [-0.2, -0.15) is 0 Å². The number of nitrogens with zero attached hydrogens (tertiary/aromatic N) is 1. The van der Waals surface area contributed by atoms with Crippen LogP contribution in [-0.2, 0) is 0 Å². The van der Waals surface area contributed by atoms with Gasteiger partial charge in [-0.25, -0.2) is 0 Å². The standard InChI is InChI=1S/C16H19NO2/c1-11-9-15(13(3)17(11)12(2)10-18)16(19)14-7-5-4-6-8-14/h4-9,12,18H,10H2,1-3H3. The van der Waals surface area contributed by atoms with Crippen molar-refractivity contribution in [2.45, 2.75) is 26.8 Å². The zero-order chi connectivity index (χ0) is 14.0. The molecule has 1 N–H and O–H groups in total. The van der Waals surface area contributed by atoms with Crippen molar-refractivity contribution in [3.05, 3.63) is 58.9 Å². The molecule has 0 radical (unpaired) electrons. The second-order valence-electron chi connectivity index (χ2n) is 4.88. The molecule has 3 nitrogen and oxygen atoms in total. The molecule has 0 saturated heterocycles. The third kappa shape index (κ3) is 2.47. The Labute approximate surface area is 113 Å². The summed E-state index contributed by atoms with van der Waals surface area (Å²) in [4.78, 5) is 12.5. The number of hydrogen-bond acceptors (Lipinski definition) is 2. The van der Waals surface area contributed by atoms with E-state index in [1.54, 1.807) is 0 Å². The van der Waals surface area contributed by atoms with Crippen molar-refractivity contribution in [2.75, 3.05) is 6.61 Å². The van der Waals surface area contributed by atoms with Crippen molar-refractivity contribution in [2.24, 2.45) is 0 Å². The first-order valence-electron chi connectivity index (χ1n) is 6.45. The highest BCUT2D eigenvalue weighted by Crippen LogP contribution is 2.22. The summed E-state index contributed by atoms with van der Waals surface area (Å²) in [7, 11) is 0. The van der Waals surface area contributed by atoms with Crippen molar-refractivity contribution in [3.63, 3.8) is 0 Å². The number of rotatable bonds is 4. The van der Waals surface area contributed by atoms with Gasteiger partial charge in [-0.1, -0.05) is 30.3 Å². The van der Waals surface area contributed by atoms with Gasteiger partial charge < -0.3 is 9.67 Å². The highest BCUT2D eigenvalue weighted by molar-refractivity contribution is 6.09. The molecule has 1 atom stereocenters. The molecule has 3 heteroatoms. The zero-order valence-corrected chi connectivity index (χ0v) is 11.6. The smallest absolute Gasteiger partial charge is 0.194 e. The van der Waals surface area contributed by atoms with Crippen LogP contribution in [0.3, 0.4) is 0 Å². The van der Waals surface area contributed by atoms with E-state index < -0.39 is 0 Å². The molecule has 100 valence electrons. The van der Waals surface area contributed by atoms with E-state index in [-0.39, 0.29) is 18.4 Å². The number of carbonyl (C=O) groups is 1. The molecule has 0 aliphatic heterocycles. The van der Waals surface area contributed by atoms with E-state index in [0.717, 1.165) is 11.4 Å². The minimum Gasteiger partial charge on any atom is -0.394 e. The molecule has 0 aliphatic rings. The Kier molecular flexibility index (Phi) is 3.86. The van der Waals surface area contributed by atoms with E-state index in [1.807, 2.05) is 61.7 Å². The minimum absolute atomic E-state index is 0.0164. The Morgan fingerprint density at radius 1 is 1.26 bits per heavy atom. The molecule has 0 saturated carbocycles. The van der Waals surface area contributed by atoms with Crippen molar-refractivity contribution in [1.82, 2.24) is 4.57 Å². The average molecular weight is 257 g/mol. The van der Waals surface area contributed by atoms with Crippen LogP contribution in [0.2, 0.25) is 0 Å². The van der Waals surface area contributed by atoms with E-state index >= 15 is 0 Å². The van der Waals surface area contributed by atoms with Gasteiger partial charge in [0.25, 0.3) is 0 Å². The topological polar surface area (TPSA) is 42.2 Å². The fourth-order valence-corrected chi connectivity index (χ4v) is 2.51. The lowest BCUT2D eigenvalue weighted by atomic mass is 10.0. The Hall–Kier alpha value is -1.87. The van der Waals surface area contributed by atoms with Gasteiger partial charge in [0.2, 0.25) is 0 Å². The predicted octanol–water partition coefficient (Wildman–Crippen LogP) is 2.89. The quantitative estimate of drug-likeness (QED) is 0.856. The summed E-state index contributed by atoms with van der Waals surface area (Å²) in [6.45, 7) is 5.89. The summed E-state index contributed by atoms with van der Waals surface area (Å²) in [6, 6.07) is 11.2. The van der Waals surface area contributed by atoms with Crippen LogP contribution in [0.15, 0.2) is 36.4 Å². The Bertz CT molecular complexity index is 584. The number of aliphatic hydroxyl groups is 1. The normalized spacial score (nSPS) is 12.4. The zero-order valence-electron chi connectivity index (χ0n) is 11.6. The number of aryl methyl sites for hydroxylation is 1. The number of aliphatic hydroxyl groups excluding tert-OH is 1. The summed E-state index contributed by atoms with van der Waals surface area (Å²) in [5, 5.41) is 9.30.